The Labute approximate surface area is 150 Å². The van der Waals surface area contributed by atoms with Gasteiger partial charge in [-0.2, -0.15) is 0 Å². The summed E-state index contributed by atoms with van der Waals surface area (Å²) in [4.78, 5) is 18.0. The molecule has 8 nitrogen and oxygen atoms in total. The average Bonchev–Trinajstić information content (AvgIpc) is 3.25. The van der Waals surface area contributed by atoms with E-state index in [4.69, 9.17) is 9.47 Å². The van der Waals surface area contributed by atoms with E-state index in [2.05, 4.69) is 26.7 Å². The van der Waals surface area contributed by atoms with E-state index in [1.54, 1.807) is 19.1 Å². The topological polar surface area (TPSA) is 85.3 Å². The average molecular weight is 355 g/mol. The fourth-order valence-electron chi connectivity index (χ4n) is 3.52. The van der Waals surface area contributed by atoms with Gasteiger partial charge in [0.05, 0.1) is 19.7 Å². The molecule has 0 saturated heterocycles. The lowest BCUT2D eigenvalue weighted by molar-refractivity contribution is 0.0670. The number of amides is 1. The summed E-state index contributed by atoms with van der Waals surface area (Å²) in [6.07, 6.45) is 0. The molecule has 0 spiro atoms. The van der Waals surface area contributed by atoms with E-state index < -0.39 is 0 Å². The lowest BCUT2D eigenvalue weighted by Crippen LogP contribution is -2.41. The number of aromatic nitrogens is 4. The van der Waals surface area contributed by atoms with Gasteiger partial charge >= 0.3 is 0 Å². The van der Waals surface area contributed by atoms with Gasteiger partial charge in [0.1, 0.15) is 18.1 Å². The summed E-state index contributed by atoms with van der Waals surface area (Å²) >= 11 is 0. The zero-order chi connectivity index (χ0) is 18.3. The highest BCUT2D eigenvalue weighted by atomic mass is 16.5. The normalized spacial score (nSPS) is 16.7. The van der Waals surface area contributed by atoms with Crippen LogP contribution in [0.4, 0.5) is 0 Å². The van der Waals surface area contributed by atoms with Crippen LogP contribution in [-0.4, -0.2) is 51.3 Å². The number of aromatic amines is 1. The van der Waals surface area contributed by atoms with Crippen LogP contribution in [0.1, 0.15) is 35.1 Å². The quantitative estimate of drug-likeness (QED) is 0.775. The predicted molar refractivity (Wildman–Crippen MR) is 95.0 cm³/mol. The van der Waals surface area contributed by atoms with Crippen LogP contribution in [0.25, 0.3) is 10.9 Å². The van der Waals surface area contributed by atoms with Gasteiger partial charge in [-0.25, -0.2) is 0 Å². The highest BCUT2D eigenvalue weighted by Crippen LogP contribution is 2.25. The fourth-order valence-corrected chi connectivity index (χ4v) is 3.52. The Hall–Kier alpha value is -2.87. The molecule has 2 aromatic heterocycles. The maximum Gasteiger partial charge on any atom is 0.270 e. The lowest BCUT2D eigenvalue weighted by Gasteiger charge is -2.32. The SMILES string of the molecule is COCc1nnc2n1[C@@H](C)CN(C(=O)c1cc3cc(OC)ccc3[nH]1)C2. The van der Waals surface area contributed by atoms with Crippen molar-refractivity contribution in [2.45, 2.75) is 26.1 Å². The maximum absolute atomic E-state index is 13.0. The minimum atomic E-state index is -0.0467. The van der Waals surface area contributed by atoms with Gasteiger partial charge in [0, 0.05) is 24.6 Å². The number of hydrogen-bond acceptors (Lipinski definition) is 5. The van der Waals surface area contributed by atoms with Crippen molar-refractivity contribution in [1.29, 1.82) is 0 Å². The molecule has 0 fully saturated rings. The molecule has 0 aliphatic carbocycles. The van der Waals surface area contributed by atoms with Crippen LogP contribution in [0.15, 0.2) is 24.3 Å². The van der Waals surface area contributed by atoms with Crippen LogP contribution in [0.3, 0.4) is 0 Å². The van der Waals surface area contributed by atoms with Gasteiger partial charge in [0.25, 0.3) is 5.91 Å². The number of H-pyrrole nitrogens is 1. The predicted octanol–water partition coefficient (Wildman–Crippen LogP) is 2.13. The van der Waals surface area contributed by atoms with Crippen molar-refractivity contribution >= 4 is 16.8 Å². The molecule has 3 heterocycles. The molecule has 0 bridgehead atoms. The molecule has 1 atom stereocenters. The Morgan fingerprint density at radius 1 is 1.31 bits per heavy atom. The summed E-state index contributed by atoms with van der Waals surface area (Å²) in [7, 11) is 3.26. The monoisotopic (exact) mass is 355 g/mol. The molecular weight excluding hydrogens is 334 g/mol. The van der Waals surface area contributed by atoms with Crippen LogP contribution < -0.4 is 4.74 Å². The van der Waals surface area contributed by atoms with E-state index in [1.165, 1.54) is 0 Å². The standard InChI is InChI=1S/C18H21N5O3/c1-11-8-22(9-16-20-21-17(10-25-2)23(11)16)18(24)15-7-12-6-13(26-3)4-5-14(12)19-15/h4-7,11,19H,8-10H2,1-3H3/t11-/m0/s1. The van der Waals surface area contributed by atoms with E-state index in [-0.39, 0.29) is 11.9 Å². The van der Waals surface area contributed by atoms with Gasteiger partial charge in [-0.1, -0.05) is 0 Å². The van der Waals surface area contributed by atoms with Gasteiger partial charge in [0.15, 0.2) is 11.6 Å². The molecule has 1 aliphatic heterocycles. The van der Waals surface area contributed by atoms with E-state index in [0.29, 0.717) is 25.4 Å². The van der Waals surface area contributed by atoms with E-state index in [0.717, 1.165) is 28.3 Å². The van der Waals surface area contributed by atoms with Crippen molar-refractivity contribution < 1.29 is 14.3 Å². The van der Waals surface area contributed by atoms with Crippen molar-refractivity contribution in [3.8, 4) is 5.75 Å². The number of rotatable bonds is 4. The number of fused-ring (bicyclic) bond motifs is 2. The summed E-state index contributed by atoms with van der Waals surface area (Å²) in [6.45, 7) is 3.49. The van der Waals surface area contributed by atoms with E-state index in [9.17, 15) is 4.79 Å². The summed E-state index contributed by atoms with van der Waals surface area (Å²) in [5, 5.41) is 9.36. The van der Waals surface area contributed by atoms with E-state index >= 15 is 0 Å². The third kappa shape index (κ3) is 2.72. The Morgan fingerprint density at radius 3 is 2.92 bits per heavy atom. The lowest BCUT2D eigenvalue weighted by atomic mass is 10.2. The molecule has 0 saturated carbocycles. The molecule has 1 aromatic carbocycles. The highest BCUT2D eigenvalue weighted by Gasteiger charge is 2.30. The van der Waals surface area contributed by atoms with Gasteiger partial charge < -0.3 is 23.9 Å². The Bertz CT molecular complexity index is 961. The van der Waals surface area contributed by atoms with Crippen molar-refractivity contribution in [2.75, 3.05) is 20.8 Å². The van der Waals surface area contributed by atoms with Crippen LogP contribution in [0, 0.1) is 0 Å². The molecular formula is C18H21N5O3. The third-order valence-corrected chi connectivity index (χ3v) is 4.71. The molecule has 8 heteroatoms. The first kappa shape index (κ1) is 16.6. The number of nitrogens with one attached hydrogen (secondary N) is 1. The minimum Gasteiger partial charge on any atom is -0.497 e. The molecule has 0 radical (unpaired) electrons. The number of methoxy groups -OCH3 is 2. The summed E-state index contributed by atoms with van der Waals surface area (Å²) < 4.78 is 12.5. The number of nitrogens with zero attached hydrogens (tertiary/aromatic N) is 4. The molecule has 0 unspecified atom stereocenters. The Kier molecular flexibility index (Phi) is 4.12. The summed E-state index contributed by atoms with van der Waals surface area (Å²) in [6, 6.07) is 7.65. The minimum absolute atomic E-state index is 0.0467. The molecule has 26 heavy (non-hydrogen) atoms. The molecule has 3 aromatic rings. The van der Waals surface area contributed by atoms with Gasteiger partial charge in [-0.3, -0.25) is 4.79 Å². The van der Waals surface area contributed by atoms with Gasteiger partial charge in [-0.15, -0.1) is 10.2 Å². The van der Waals surface area contributed by atoms with Crippen LogP contribution >= 0.6 is 0 Å². The Balaban J connectivity index is 1.60. The third-order valence-electron chi connectivity index (χ3n) is 4.71. The molecule has 1 amide bonds. The molecule has 4 rings (SSSR count). The largest absolute Gasteiger partial charge is 0.497 e. The second kappa shape index (κ2) is 6.45. The van der Waals surface area contributed by atoms with Crippen LogP contribution in [0.5, 0.6) is 5.75 Å². The van der Waals surface area contributed by atoms with Crippen molar-refractivity contribution in [3.63, 3.8) is 0 Å². The zero-order valence-electron chi connectivity index (χ0n) is 15.0. The second-order valence-electron chi connectivity index (χ2n) is 6.51. The highest BCUT2D eigenvalue weighted by molar-refractivity contribution is 5.98. The first-order chi connectivity index (χ1) is 12.6. The summed E-state index contributed by atoms with van der Waals surface area (Å²) in [5.74, 6) is 2.29. The number of carbonyl (C=O) groups is 1. The van der Waals surface area contributed by atoms with Crippen molar-refractivity contribution in [1.82, 2.24) is 24.6 Å². The fraction of sp³-hybridized carbons (Fsp3) is 0.389. The summed E-state index contributed by atoms with van der Waals surface area (Å²) in [5.41, 5.74) is 1.47. The number of ether oxygens (including phenoxy) is 2. The number of benzene rings is 1. The van der Waals surface area contributed by atoms with Crippen molar-refractivity contribution in [3.05, 3.63) is 41.6 Å². The van der Waals surface area contributed by atoms with E-state index in [1.807, 2.05) is 24.3 Å². The number of carbonyl (C=O) groups excluding carboxylic acids is 1. The van der Waals surface area contributed by atoms with Crippen LogP contribution in [-0.2, 0) is 17.9 Å². The van der Waals surface area contributed by atoms with Crippen molar-refractivity contribution in [2.24, 2.45) is 0 Å². The van der Waals surface area contributed by atoms with Gasteiger partial charge in [0.2, 0.25) is 0 Å². The van der Waals surface area contributed by atoms with Crippen LogP contribution in [0.2, 0.25) is 0 Å². The molecule has 1 N–H and O–H groups in total. The van der Waals surface area contributed by atoms with Gasteiger partial charge in [-0.05, 0) is 31.2 Å². The molecule has 136 valence electrons. The number of hydrogen-bond donors (Lipinski definition) is 1. The first-order valence-electron chi connectivity index (χ1n) is 8.48. The molecule has 1 aliphatic rings. The first-order valence-corrected chi connectivity index (χ1v) is 8.48. The second-order valence-corrected chi connectivity index (χ2v) is 6.51. The zero-order valence-corrected chi connectivity index (χ0v) is 15.0. The Morgan fingerprint density at radius 2 is 2.15 bits per heavy atom. The smallest absolute Gasteiger partial charge is 0.270 e. The maximum atomic E-state index is 13.0.